The van der Waals surface area contributed by atoms with Gasteiger partial charge in [-0.05, 0) is 40.2 Å². The molecule has 0 fully saturated rings. The van der Waals surface area contributed by atoms with Crippen LogP contribution in [-0.2, 0) is 0 Å². The van der Waals surface area contributed by atoms with E-state index in [1.165, 1.54) is 0 Å². The minimum atomic E-state index is -0.0767. The first-order chi connectivity index (χ1) is 8.26. The first-order valence-corrected chi connectivity index (χ1v) is 6.48. The minimum Gasteiger partial charge on any atom is -0.486 e. The van der Waals surface area contributed by atoms with Gasteiger partial charge in [-0.1, -0.05) is 6.92 Å². The molecule has 0 bridgehead atoms. The number of aliphatic hydroxyl groups is 1. The Bertz CT molecular complexity index is 398. The van der Waals surface area contributed by atoms with Crippen LogP contribution in [0.3, 0.4) is 0 Å². The third kappa shape index (κ3) is 2.73. The average molecular weight is 302 g/mol. The van der Waals surface area contributed by atoms with Gasteiger partial charge in [-0.25, -0.2) is 0 Å². The van der Waals surface area contributed by atoms with Crippen molar-refractivity contribution in [3.63, 3.8) is 0 Å². The molecule has 0 amide bonds. The Labute approximate surface area is 109 Å². The molecule has 0 saturated heterocycles. The topological polar surface area (TPSA) is 50.7 Å². The van der Waals surface area contributed by atoms with Crippen LogP contribution in [0.1, 0.15) is 18.5 Å². The summed E-state index contributed by atoms with van der Waals surface area (Å²) >= 11 is 3.47. The van der Waals surface area contributed by atoms with Crippen molar-refractivity contribution in [2.75, 3.05) is 26.4 Å². The Balaban J connectivity index is 2.32. The molecule has 1 heterocycles. The van der Waals surface area contributed by atoms with Gasteiger partial charge in [-0.2, -0.15) is 0 Å². The van der Waals surface area contributed by atoms with Gasteiger partial charge in [0.15, 0.2) is 11.5 Å². The molecule has 94 valence electrons. The number of fused-ring (bicyclic) bond motifs is 1. The predicted molar refractivity (Wildman–Crippen MR) is 68.6 cm³/mol. The molecule has 0 saturated carbocycles. The number of hydrogen-bond donors (Lipinski definition) is 2. The summed E-state index contributed by atoms with van der Waals surface area (Å²) in [6, 6.07) is 3.80. The van der Waals surface area contributed by atoms with Crippen LogP contribution in [-0.4, -0.2) is 31.5 Å². The zero-order valence-electron chi connectivity index (χ0n) is 9.70. The number of hydrogen-bond acceptors (Lipinski definition) is 4. The fourth-order valence-corrected chi connectivity index (χ4v) is 2.44. The van der Waals surface area contributed by atoms with Crippen LogP contribution in [0.2, 0.25) is 0 Å². The van der Waals surface area contributed by atoms with E-state index in [-0.39, 0.29) is 12.6 Å². The number of rotatable bonds is 4. The fourth-order valence-electron chi connectivity index (χ4n) is 1.87. The lowest BCUT2D eigenvalue weighted by molar-refractivity contribution is 0.169. The molecule has 0 spiro atoms. The van der Waals surface area contributed by atoms with Gasteiger partial charge in [0.1, 0.15) is 13.2 Å². The lowest BCUT2D eigenvalue weighted by Gasteiger charge is -2.23. The molecule has 4 nitrogen and oxygen atoms in total. The number of nitrogens with one attached hydrogen (secondary N) is 1. The van der Waals surface area contributed by atoms with Crippen LogP contribution in [0.25, 0.3) is 0 Å². The quantitative estimate of drug-likeness (QED) is 0.891. The highest BCUT2D eigenvalue weighted by Gasteiger charge is 2.19. The second-order valence-corrected chi connectivity index (χ2v) is 4.67. The van der Waals surface area contributed by atoms with Crippen LogP contribution in [0.15, 0.2) is 16.6 Å². The summed E-state index contributed by atoms with van der Waals surface area (Å²) in [5.74, 6) is 1.48. The van der Waals surface area contributed by atoms with Gasteiger partial charge in [-0.3, -0.25) is 0 Å². The fraction of sp³-hybridized carbons (Fsp3) is 0.500. The van der Waals surface area contributed by atoms with E-state index in [4.69, 9.17) is 9.47 Å². The standard InChI is InChI=1S/C12H16BrNO3/c1-2-14-10(7-15)8-5-9(13)12-11(6-8)16-3-4-17-12/h5-6,10,14-15H,2-4,7H2,1H3. The van der Waals surface area contributed by atoms with Crippen molar-refractivity contribution < 1.29 is 14.6 Å². The molecular weight excluding hydrogens is 286 g/mol. The number of halogens is 1. The maximum absolute atomic E-state index is 9.36. The van der Waals surface area contributed by atoms with E-state index in [9.17, 15) is 5.11 Å². The zero-order chi connectivity index (χ0) is 12.3. The maximum atomic E-state index is 9.36. The Morgan fingerprint density at radius 3 is 2.88 bits per heavy atom. The van der Waals surface area contributed by atoms with Crippen LogP contribution < -0.4 is 14.8 Å². The van der Waals surface area contributed by atoms with E-state index >= 15 is 0 Å². The molecule has 2 N–H and O–H groups in total. The Morgan fingerprint density at radius 2 is 2.18 bits per heavy atom. The molecule has 17 heavy (non-hydrogen) atoms. The molecule has 1 unspecified atom stereocenters. The van der Waals surface area contributed by atoms with Crippen LogP contribution in [0.5, 0.6) is 11.5 Å². The Hall–Kier alpha value is -0.780. The second kappa shape index (κ2) is 5.71. The van der Waals surface area contributed by atoms with E-state index < -0.39 is 0 Å². The third-order valence-corrected chi connectivity index (χ3v) is 3.24. The zero-order valence-corrected chi connectivity index (χ0v) is 11.3. The summed E-state index contributed by atoms with van der Waals surface area (Å²) in [5, 5.41) is 12.6. The van der Waals surface area contributed by atoms with Crippen LogP contribution in [0.4, 0.5) is 0 Å². The van der Waals surface area contributed by atoms with E-state index in [0.717, 1.165) is 28.1 Å². The van der Waals surface area contributed by atoms with E-state index in [1.54, 1.807) is 0 Å². The Morgan fingerprint density at radius 1 is 1.41 bits per heavy atom. The Kier molecular flexibility index (Phi) is 4.25. The normalized spacial score (nSPS) is 15.7. The van der Waals surface area contributed by atoms with Gasteiger partial charge < -0.3 is 19.9 Å². The summed E-state index contributed by atoms with van der Waals surface area (Å²) in [6.45, 7) is 4.00. The molecule has 2 rings (SSSR count). The number of likely N-dealkylation sites (N-methyl/N-ethyl adjacent to an activating group) is 1. The molecule has 0 aromatic heterocycles. The van der Waals surface area contributed by atoms with Gasteiger partial charge in [0.05, 0.1) is 17.1 Å². The third-order valence-electron chi connectivity index (χ3n) is 2.65. The van der Waals surface area contributed by atoms with Crippen molar-refractivity contribution in [1.29, 1.82) is 0 Å². The summed E-state index contributed by atoms with van der Waals surface area (Å²) in [5.41, 5.74) is 0.991. The van der Waals surface area contributed by atoms with Crippen molar-refractivity contribution in [3.05, 3.63) is 22.2 Å². The van der Waals surface area contributed by atoms with E-state index in [1.807, 2.05) is 19.1 Å². The lowest BCUT2D eigenvalue weighted by atomic mass is 10.1. The monoisotopic (exact) mass is 301 g/mol. The second-order valence-electron chi connectivity index (χ2n) is 3.82. The van der Waals surface area contributed by atoms with E-state index in [0.29, 0.717) is 13.2 Å². The summed E-state index contributed by atoms with van der Waals surface area (Å²) in [4.78, 5) is 0. The van der Waals surface area contributed by atoms with Gasteiger partial charge >= 0.3 is 0 Å². The van der Waals surface area contributed by atoms with Crippen molar-refractivity contribution >= 4 is 15.9 Å². The highest BCUT2D eigenvalue weighted by atomic mass is 79.9. The molecular formula is C12H16BrNO3. The van der Waals surface area contributed by atoms with E-state index in [2.05, 4.69) is 21.2 Å². The molecule has 1 aliphatic rings. The van der Waals surface area contributed by atoms with Crippen LogP contribution in [0, 0.1) is 0 Å². The summed E-state index contributed by atoms with van der Waals surface area (Å²) < 4.78 is 11.9. The average Bonchev–Trinajstić information content (AvgIpc) is 2.36. The predicted octanol–water partition coefficient (Wildman–Crippen LogP) is 1.86. The lowest BCUT2D eigenvalue weighted by Crippen LogP contribution is -2.24. The highest BCUT2D eigenvalue weighted by Crippen LogP contribution is 2.39. The van der Waals surface area contributed by atoms with Crippen LogP contribution >= 0.6 is 15.9 Å². The minimum absolute atomic E-state index is 0.0555. The van der Waals surface area contributed by atoms with Gasteiger partial charge in [-0.15, -0.1) is 0 Å². The number of aliphatic hydroxyl groups excluding tert-OH is 1. The molecule has 0 radical (unpaired) electrons. The van der Waals surface area contributed by atoms with Crippen molar-refractivity contribution in [2.24, 2.45) is 0 Å². The van der Waals surface area contributed by atoms with Gasteiger partial charge in [0.25, 0.3) is 0 Å². The van der Waals surface area contributed by atoms with Gasteiger partial charge in [0, 0.05) is 0 Å². The molecule has 0 aliphatic carbocycles. The largest absolute Gasteiger partial charge is 0.486 e. The van der Waals surface area contributed by atoms with Crippen molar-refractivity contribution in [2.45, 2.75) is 13.0 Å². The molecule has 1 aromatic rings. The first-order valence-electron chi connectivity index (χ1n) is 5.69. The molecule has 5 heteroatoms. The molecule has 1 aromatic carbocycles. The van der Waals surface area contributed by atoms with Crippen molar-refractivity contribution in [1.82, 2.24) is 5.32 Å². The summed E-state index contributed by atoms with van der Waals surface area (Å²) in [7, 11) is 0. The molecule has 1 atom stereocenters. The maximum Gasteiger partial charge on any atom is 0.175 e. The van der Waals surface area contributed by atoms with Gasteiger partial charge in [0.2, 0.25) is 0 Å². The first kappa shape index (κ1) is 12.7. The molecule has 1 aliphatic heterocycles. The highest BCUT2D eigenvalue weighted by molar-refractivity contribution is 9.10. The SMILES string of the molecule is CCNC(CO)c1cc(Br)c2c(c1)OCCO2. The van der Waals surface area contributed by atoms with Crippen molar-refractivity contribution in [3.8, 4) is 11.5 Å². The number of benzene rings is 1. The smallest absolute Gasteiger partial charge is 0.175 e. The summed E-state index contributed by atoms with van der Waals surface area (Å²) in [6.07, 6.45) is 0. The number of ether oxygens (including phenoxy) is 2.